The molecule has 33 heavy (non-hydrogen) atoms. The fourth-order valence-electron chi connectivity index (χ4n) is 3.48. The standard InChI is InChI=1S/C24H18O9/c25-16-3-1-14(20(29)23(16)32)12-5-10(11-8-18(27)22(31)19(28)9-11)6-13(7-12)15-2-4-17(26)24(33)21(15)30/h1-9,25-33H. The minimum absolute atomic E-state index is 0.100. The van der Waals surface area contributed by atoms with Gasteiger partial charge in [0.05, 0.1) is 0 Å². The Morgan fingerprint density at radius 1 is 0.303 bits per heavy atom. The number of phenols is 9. The van der Waals surface area contributed by atoms with Gasteiger partial charge in [-0.1, -0.05) is 0 Å². The first-order valence-electron chi connectivity index (χ1n) is 9.47. The van der Waals surface area contributed by atoms with E-state index in [0.29, 0.717) is 5.56 Å². The smallest absolute Gasteiger partial charge is 0.200 e. The van der Waals surface area contributed by atoms with E-state index in [1.54, 1.807) is 0 Å². The van der Waals surface area contributed by atoms with E-state index in [9.17, 15) is 46.0 Å². The van der Waals surface area contributed by atoms with Gasteiger partial charge in [0, 0.05) is 11.1 Å². The normalized spacial score (nSPS) is 10.9. The van der Waals surface area contributed by atoms with E-state index in [0.717, 1.165) is 0 Å². The summed E-state index contributed by atoms with van der Waals surface area (Å²) in [5, 5.41) is 89.4. The first-order chi connectivity index (χ1) is 15.6. The molecule has 9 heteroatoms. The zero-order valence-electron chi connectivity index (χ0n) is 16.7. The number of hydrogen-bond acceptors (Lipinski definition) is 9. The Morgan fingerprint density at radius 2 is 0.667 bits per heavy atom. The molecule has 9 N–H and O–H groups in total. The molecule has 0 saturated heterocycles. The number of phenolic OH excluding ortho intramolecular Hbond substituents is 9. The minimum atomic E-state index is -0.746. The minimum Gasteiger partial charge on any atom is -0.504 e. The fourth-order valence-corrected chi connectivity index (χ4v) is 3.48. The van der Waals surface area contributed by atoms with Crippen LogP contribution >= 0.6 is 0 Å². The predicted molar refractivity (Wildman–Crippen MR) is 118 cm³/mol. The molecule has 9 nitrogen and oxygen atoms in total. The Morgan fingerprint density at radius 3 is 1.09 bits per heavy atom. The molecular weight excluding hydrogens is 432 g/mol. The van der Waals surface area contributed by atoms with Gasteiger partial charge in [-0.05, 0) is 76.9 Å². The molecule has 0 aliphatic rings. The molecule has 4 aromatic carbocycles. The second-order valence-corrected chi connectivity index (χ2v) is 7.32. The predicted octanol–water partition coefficient (Wildman–Crippen LogP) is 4.04. The van der Waals surface area contributed by atoms with Gasteiger partial charge in [-0.25, -0.2) is 0 Å². The second-order valence-electron chi connectivity index (χ2n) is 7.32. The maximum atomic E-state index is 10.4. The van der Waals surface area contributed by atoms with E-state index in [-0.39, 0.29) is 27.8 Å². The van der Waals surface area contributed by atoms with Crippen molar-refractivity contribution in [2.24, 2.45) is 0 Å². The highest BCUT2D eigenvalue weighted by molar-refractivity contribution is 5.87. The third-order valence-electron chi connectivity index (χ3n) is 5.22. The summed E-state index contributed by atoms with van der Waals surface area (Å²) >= 11 is 0. The molecule has 0 bridgehead atoms. The molecular formula is C24H18O9. The van der Waals surface area contributed by atoms with Gasteiger partial charge in [-0.2, -0.15) is 0 Å². The highest BCUT2D eigenvalue weighted by Crippen LogP contribution is 2.47. The molecule has 0 aliphatic heterocycles. The maximum Gasteiger partial charge on any atom is 0.200 e. The highest BCUT2D eigenvalue weighted by Gasteiger charge is 2.19. The van der Waals surface area contributed by atoms with Crippen LogP contribution in [-0.4, -0.2) is 46.0 Å². The van der Waals surface area contributed by atoms with Crippen LogP contribution in [0.25, 0.3) is 33.4 Å². The van der Waals surface area contributed by atoms with Crippen molar-refractivity contribution in [3.63, 3.8) is 0 Å². The monoisotopic (exact) mass is 450 g/mol. The van der Waals surface area contributed by atoms with Crippen LogP contribution in [0.3, 0.4) is 0 Å². The lowest BCUT2D eigenvalue weighted by Gasteiger charge is -2.15. The van der Waals surface area contributed by atoms with Gasteiger partial charge >= 0.3 is 0 Å². The second kappa shape index (κ2) is 7.65. The maximum absolute atomic E-state index is 10.4. The first kappa shape index (κ1) is 21.3. The van der Waals surface area contributed by atoms with Crippen molar-refractivity contribution in [3.8, 4) is 85.1 Å². The average molecular weight is 450 g/mol. The summed E-state index contributed by atoms with van der Waals surface area (Å²) in [7, 11) is 0. The lowest BCUT2D eigenvalue weighted by molar-refractivity contribution is 0.368. The van der Waals surface area contributed by atoms with Gasteiger partial charge in [0.25, 0.3) is 0 Å². The van der Waals surface area contributed by atoms with Gasteiger partial charge in [-0.3, -0.25) is 0 Å². The largest absolute Gasteiger partial charge is 0.504 e. The summed E-state index contributed by atoms with van der Waals surface area (Å²) in [4.78, 5) is 0. The molecule has 0 saturated carbocycles. The van der Waals surface area contributed by atoms with Crippen molar-refractivity contribution in [3.05, 3.63) is 54.6 Å². The van der Waals surface area contributed by atoms with Crippen LogP contribution in [0.15, 0.2) is 54.6 Å². The van der Waals surface area contributed by atoms with Crippen molar-refractivity contribution in [1.82, 2.24) is 0 Å². The molecule has 0 amide bonds. The Balaban J connectivity index is 2.03. The Bertz CT molecular complexity index is 1310. The highest BCUT2D eigenvalue weighted by atomic mass is 16.3. The molecule has 0 spiro atoms. The summed E-state index contributed by atoms with van der Waals surface area (Å²) in [5.74, 6) is -5.70. The first-order valence-corrected chi connectivity index (χ1v) is 9.47. The van der Waals surface area contributed by atoms with Crippen LogP contribution in [0, 0.1) is 0 Å². The SMILES string of the molecule is Oc1cc(-c2cc(-c3ccc(O)c(O)c3O)cc(-c3ccc(O)c(O)c3O)c2)cc(O)c1O. The van der Waals surface area contributed by atoms with Crippen molar-refractivity contribution < 1.29 is 46.0 Å². The molecule has 0 atom stereocenters. The van der Waals surface area contributed by atoms with E-state index < -0.39 is 51.7 Å². The quantitative estimate of drug-likeness (QED) is 0.208. The van der Waals surface area contributed by atoms with Crippen molar-refractivity contribution in [2.75, 3.05) is 0 Å². The zero-order valence-corrected chi connectivity index (χ0v) is 16.7. The molecule has 168 valence electrons. The molecule has 0 heterocycles. The van der Waals surface area contributed by atoms with Crippen molar-refractivity contribution in [1.29, 1.82) is 0 Å². The van der Waals surface area contributed by atoms with Gasteiger partial charge in [-0.15, -0.1) is 0 Å². The van der Waals surface area contributed by atoms with Gasteiger partial charge in [0.1, 0.15) is 0 Å². The Labute approximate surface area is 186 Å². The van der Waals surface area contributed by atoms with Crippen molar-refractivity contribution in [2.45, 2.75) is 0 Å². The van der Waals surface area contributed by atoms with Gasteiger partial charge in [0.15, 0.2) is 40.2 Å². The summed E-state index contributed by atoms with van der Waals surface area (Å²) in [5.41, 5.74) is 1.36. The van der Waals surface area contributed by atoms with Gasteiger partial charge in [0.2, 0.25) is 11.5 Å². The molecule has 0 aliphatic carbocycles. The number of aromatic hydroxyl groups is 9. The molecule has 0 radical (unpaired) electrons. The van der Waals surface area contributed by atoms with Crippen molar-refractivity contribution >= 4 is 0 Å². The summed E-state index contributed by atoms with van der Waals surface area (Å²) < 4.78 is 0. The molecule has 0 aromatic heterocycles. The third-order valence-corrected chi connectivity index (χ3v) is 5.22. The van der Waals surface area contributed by atoms with Crippen LogP contribution in [0.4, 0.5) is 0 Å². The van der Waals surface area contributed by atoms with E-state index in [1.165, 1.54) is 54.6 Å². The molecule has 0 unspecified atom stereocenters. The van der Waals surface area contributed by atoms with Crippen LogP contribution in [0.1, 0.15) is 0 Å². The number of hydrogen-bond donors (Lipinski definition) is 9. The number of rotatable bonds is 3. The van der Waals surface area contributed by atoms with Crippen LogP contribution in [0.5, 0.6) is 51.7 Å². The van der Waals surface area contributed by atoms with E-state index in [1.807, 2.05) is 0 Å². The third kappa shape index (κ3) is 3.57. The van der Waals surface area contributed by atoms with E-state index in [2.05, 4.69) is 0 Å². The van der Waals surface area contributed by atoms with Gasteiger partial charge < -0.3 is 46.0 Å². The average Bonchev–Trinajstić information content (AvgIpc) is 2.79. The topological polar surface area (TPSA) is 182 Å². The van der Waals surface area contributed by atoms with E-state index in [4.69, 9.17) is 0 Å². The summed E-state index contributed by atoms with van der Waals surface area (Å²) in [6, 6.07) is 11.9. The van der Waals surface area contributed by atoms with Crippen LogP contribution in [0.2, 0.25) is 0 Å². The lowest BCUT2D eigenvalue weighted by atomic mass is 9.92. The number of benzene rings is 4. The molecule has 0 fully saturated rings. The Hall–Kier alpha value is -4.92. The Kier molecular flexibility index (Phi) is 4.94. The van der Waals surface area contributed by atoms with Crippen LogP contribution < -0.4 is 0 Å². The summed E-state index contributed by atoms with van der Waals surface area (Å²) in [6.45, 7) is 0. The fraction of sp³-hybridized carbons (Fsp3) is 0. The summed E-state index contributed by atoms with van der Waals surface area (Å²) in [6.07, 6.45) is 0. The molecule has 4 rings (SSSR count). The lowest BCUT2D eigenvalue weighted by Crippen LogP contribution is -1.88. The van der Waals surface area contributed by atoms with Crippen LogP contribution in [-0.2, 0) is 0 Å². The van der Waals surface area contributed by atoms with E-state index >= 15 is 0 Å². The zero-order chi connectivity index (χ0) is 24.0. The molecule has 4 aromatic rings.